The van der Waals surface area contributed by atoms with Gasteiger partial charge in [-0.1, -0.05) is 6.42 Å². The van der Waals surface area contributed by atoms with Gasteiger partial charge < -0.3 is 15.4 Å². The van der Waals surface area contributed by atoms with Crippen LogP contribution >= 0.6 is 0 Å². The van der Waals surface area contributed by atoms with Crippen LogP contribution in [0, 0.1) is 5.92 Å². The first-order valence-electron chi connectivity index (χ1n) is 6.67. The Kier molecular flexibility index (Phi) is 3.11. The van der Waals surface area contributed by atoms with Gasteiger partial charge in [-0.2, -0.15) is 0 Å². The van der Waals surface area contributed by atoms with Gasteiger partial charge in [0.25, 0.3) is 0 Å². The van der Waals surface area contributed by atoms with Gasteiger partial charge in [0, 0.05) is 24.0 Å². The normalized spacial score (nSPS) is 15.4. The monoisotopic (exact) mass is 259 g/mol. The van der Waals surface area contributed by atoms with Crippen LogP contribution in [0.15, 0.2) is 18.5 Å². The van der Waals surface area contributed by atoms with Gasteiger partial charge in [-0.25, -0.2) is 4.98 Å². The van der Waals surface area contributed by atoms with Crippen LogP contribution in [0.5, 0.6) is 5.75 Å². The van der Waals surface area contributed by atoms with Gasteiger partial charge in [0.1, 0.15) is 11.4 Å². The molecule has 0 atom stereocenters. The third kappa shape index (κ3) is 2.41. The maximum Gasteiger partial charge on any atom is 0.223 e. The van der Waals surface area contributed by atoms with Gasteiger partial charge in [0.15, 0.2) is 0 Å². The molecule has 1 aliphatic rings. The van der Waals surface area contributed by atoms with Crippen molar-refractivity contribution in [1.29, 1.82) is 0 Å². The van der Waals surface area contributed by atoms with Crippen molar-refractivity contribution in [1.82, 2.24) is 15.3 Å². The Balaban J connectivity index is 1.61. The fourth-order valence-corrected chi connectivity index (χ4v) is 2.39. The number of aromatic hydroxyl groups is 1. The number of aromatic nitrogens is 2. The number of fused-ring (bicyclic) bond motifs is 1. The molecule has 5 heteroatoms. The fraction of sp³-hybridized carbons (Fsp3) is 0.429. The third-order valence-corrected chi connectivity index (χ3v) is 3.77. The molecule has 0 unspecified atom stereocenters. The first kappa shape index (κ1) is 12.0. The molecule has 0 spiro atoms. The number of rotatable bonds is 4. The molecule has 2 heterocycles. The number of nitrogens with one attached hydrogen (secondary N) is 2. The predicted molar refractivity (Wildman–Crippen MR) is 71.8 cm³/mol. The molecule has 1 fully saturated rings. The molecule has 2 aromatic rings. The smallest absolute Gasteiger partial charge is 0.223 e. The van der Waals surface area contributed by atoms with Crippen molar-refractivity contribution >= 4 is 16.9 Å². The van der Waals surface area contributed by atoms with Crippen LogP contribution in [0.1, 0.15) is 24.8 Å². The summed E-state index contributed by atoms with van der Waals surface area (Å²) in [4.78, 5) is 18.9. The molecule has 5 nitrogen and oxygen atoms in total. The fourth-order valence-electron chi connectivity index (χ4n) is 2.39. The van der Waals surface area contributed by atoms with Gasteiger partial charge in [-0.3, -0.25) is 4.79 Å². The number of aromatic amines is 1. The van der Waals surface area contributed by atoms with E-state index in [1.54, 1.807) is 6.07 Å². The number of nitrogens with zero attached hydrogens (tertiary/aromatic N) is 1. The van der Waals surface area contributed by atoms with Crippen molar-refractivity contribution in [3.63, 3.8) is 0 Å². The molecule has 0 radical (unpaired) electrons. The van der Waals surface area contributed by atoms with Crippen molar-refractivity contribution in [2.24, 2.45) is 5.92 Å². The molecular weight excluding hydrogens is 242 g/mol. The second-order valence-corrected chi connectivity index (χ2v) is 5.07. The van der Waals surface area contributed by atoms with Crippen molar-refractivity contribution < 1.29 is 9.90 Å². The number of hydrogen-bond acceptors (Lipinski definition) is 3. The quantitative estimate of drug-likeness (QED) is 0.782. The predicted octanol–water partition coefficient (Wildman–Crippen LogP) is 1.73. The van der Waals surface area contributed by atoms with E-state index in [2.05, 4.69) is 15.3 Å². The summed E-state index contributed by atoms with van der Waals surface area (Å²) in [5.74, 6) is 0.563. The number of pyridine rings is 1. The van der Waals surface area contributed by atoms with Crippen LogP contribution in [0.2, 0.25) is 0 Å². The number of H-pyrrole nitrogens is 1. The zero-order chi connectivity index (χ0) is 13.2. The Bertz CT molecular complexity index is 602. The Morgan fingerprint density at radius 2 is 2.37 bits per heavy atom. The minimum absolute atomic E-state index is 0.159. The van der Waals surface area contributed by atoms with Crippen LogP contribution in [0.4, 0.5) is 0 Å². The molecule has 0 saturated heterocycles. The number of amides is 1. The highest BCUT2D eigenvalue weighted by Gasteiger charge is 2.24. The van der Waals surface area contributed by atoms with E-state index in [1.165, 1.54) is 12.6 Å². The van der Waals surface area contributed by atoms with E-state index < -0.39 is 0 Å². The number of hydrogen-bond donors (Lipinski definition) is 3. The third-order valence-electron chi connectivity index (χ3n) is 3.77. The van der Waals surface area contributed by atoms with Crippen LogP contribution in [-0.2, 0) is 11.2 Å². The van der Waals surface area contributed by atoms with E-state index in [0.717, 1.165) is 35.9 Å². The lowest BCUT2D eigenvalue weighted by atomic mass is 9.85. The Morgan fingerprint density at radius 3 is 3.11 bits per heavy atom. The highest BCUT2D eigenvalue weighted by Crippen LogP contribution is 2.26. The summed E-state index contributed by atoms with van der Waals surface area (Å²) in [6.07, 6.45) is 7.26. The first-order valence-corrected chi connectivity index (χ1v) is 6.67. The van der Waals surface area contributed by atoms with E-state index in [9.17, 15) is 9.90 Å². The molecule has 3 N–H and O–H groups in total. The first-order chi connectivity index (χ1) is 9.24. The summed E-state index contributed by atoms with van der Waals surface area (Å²) in [7, 11) is 0. The Hall–Kier alpha value is -2.04. The van der Waals surface area contributed by atoms with Crippen molar-refractivity contribution in [2.45, 2.75) is 25.7 Å². The molecule has 1 amide bonds. The van der Waals surface area contributed by atoms with E-state index in [-0.39, 0.29) is 17.6 Å². The summed E-state index contributed by atoms with van der Waals surface area (Å²) in [6.45, 7) is 0.623. The highest BCUT2D eigenvalue weighted by molar-refractivity contribution is 5.81. The lowest BCUT2D eigenvalue weighted by Crippen LogP contribution is -2.35. The molecule has 3 rings (SSSR count). The molecule has 19 heavy (non-hydrogen) atoms. The molecule has 1 aliphatic carbocycles. The summed E-state index contributed by atoms with van der Waals surface area (Å²) >= 11 is 0. The molecule has 100 valence electrons. The maximum absolute atomic E-state index is 11.7. The minimum atomic E-state index is 0.159. The van der Waals surface area contributed by atoms with E-state index in [0.29, 0.717) is 6.54 Å². The molecule has 0 aliphatic heterocycles. The van der Waals surface area contributed by atoms with E-state index >= 15 is 0 Å². The number of carbonyl (C=O) groups is 1. The van der Waals surface area contributed by atoms with Crippen LogP contribution in [0.3, 0.4) is 0 Å². The summed E-state index contributed by atoms with van der Waals surface area (Å²) in [6, 6.07) is 1.70. The van der Waals surface area contributed by atoms with Gasteiger partial charge >= 0.3 is 0 Å². The second-order valence-electron chi connectivity index (χ2n) is 5.07. The van der Waals surface area contributed by atoms with Crippen molar-refractivity contribution in [2.75, 3.05) is 6.54 Å². The van der Waals surface area contributed by atoms with E-state index in [4.69, 9.17) is 0 Å². The van der Waals surface area contributed by atoms with E-state index in [1.807, 2.05) is 6.20 Å². The van der Waals surface area contributed by atoms with Gasteiger partial charge in [0.2, 0.25) is 5.91 Å². The number of carbonyl (C=O) groups excluding carboxylic acids is 1. The summed E-state index contributed by atoms with van der Waals surface area (Å²) in [5, 5.41) is 13.3. The SMILES string of the molecule is O=C(NCCc1c[nH]c2ncc(O)cc12)C1CCC1. The van der Waals surface area contributed by atoms with Gasteiger partial charge in [-0.15, -0.1) is 0 Å². The van der Waals surface area contributed by atoms with Crippen LogP contribution in [0.25, 0.3) is 11.0 Å². The lowest BCUT2D eigenvalue weighted by Gasteiger charge is -2.23. The average Bonchev–Trinajstić information content (AvgIpc) is 2.70. The topological polar surface area (TPSA) is 78.0 Å². The van der Waals surface area contributed by atoms with Crippen molar-refractivity contribution in [3.05, 3.63) is 24.0 Å². The average molecular weight is 259 g/mol. The zero-order valence-electron chi connectivity index (χ0n) is 10.6. The second kappa shape index (κ2) is 4.91. The Labute approximate surface area is 111 Å². The standard InChI is InChI=1S/C14H17N3O2/c18-11-6-12-10(7-16-13(12)17-8-11)4-5-15-14(19)9-2-1-3-9/h6-9,18H,1-5H2,(H,15,19)(H,16,17). The maximum atomic E-state index is 11.7. The molecule has 1 saturated carbocycles. The summed E-state index contributed by atoms with van der Waals surface area (Å²) in [5.41, 5.74) is 1.82. The van der Waals surface area contributed by atoms with Gasteiger partial charge in [-0.05, 0) is 30.9 Å². The lowest BCUT2D eigenvalue weighted by molar-refractivity contribution is -0.127. The van der Waals surface area contributed by atoms with Crippen LogP contribution in [-0.4, -0.2) is 27.5 Å². The minimum Gasteiger partial charge on any atom is -0.506 e. The highest BCUT2D eigenvalue weighted by atomic mass is 16.3. The van der Waals surface area contributed by atoms with Crippen LogP contribution < -0.4 is 5.32 Å². The van der Waals surface area contributed by atoms with Gasteiger partial charge in [0.05, 0.1) is 6.20 Å². The molecular formula is C14H17N3O2. The largest absolute Gasteiger partial charge is 0.506 e. The summed E-state index contributed by atoms with van der Waals surface area (Å²) < 4.78 is 0. The Morgan fingerprint density at radius 1 is 1.53 bits per heavy atom. The zero-order valence-corrected chi connectivity index (χ0v) is 10.6. The molecule has 0 aromatic carbocycles. The molecule has 2 aromatic heterocycles. The van der Waals surface area contributed by atoms with Crippen molar-refractivity contribution in [3.8, 4) is 5.75 Å². The molecule has 0 bridgehead atoms.